The van der Waals surface area contributed by atoms with Gasteiger partial charge >= 0.3 is 0 Å². The van der Waals surface area contributed by atoms with Crippen LogP contribution in [0.5, 0.6) is 0 Å². The van der Waals surface area contributed by atoms with Crippen molar-refractivity contribution in [2.24, 2.45) is 11.1 Å². The van der Waals surface area contributed by atoms with E-state index >= 15 is 0 Å². The van der Waals surface area contributed by atoms with Crippen molar-refractivity contribution in [3.8, 4) is 11.3 Å². The summed E-state index contributed by atoms with van der Waals surface area (Å²) in [7, 11) is -3.91. The summed E-state index contributed by atoms with van der Waals surface area (Å²) in [4.78, 5) is 0.0125. The first-order valence-electron chi connectivity index (χ1n) is 11.3. The first kappa shape index (κ1) is 24.3. The molecule has 172 valence electrons. The number of nitrogens with two attached hydrogens (primary N) is 1. The summed E-state index contributed by atoms with van der Waals surface area (Å²) >= 11 is 6.65. The molecule has 1 heterocycles. The zero-order valence-electron chi connectivity index (χ0n) is 19.8. The van der Waals surface area contributed by atoms with E-state index in [1.165, 1.54) is 30.4 Å². The van der Waals surface area contributed by atoms with E-state index in [1.807, 2.05) is 4.57 Å². The maximum Gasteiger partial charge on any atom is 0.241 e. The third-order valence-electron chi connectivity index (χ3n) is 6.43. The van der Waals surface area contributed by atoms with E-state index in [9.17, 15) is 8.42 Å². The maximum absolute atomic E-state index is 12.3. The molecule has 1 aromatic carbocycles. The number of hydrogen-bond donors (Lipinski definition) is 1. The second-order valence-electron chi connectivity index (χ2n) is 11.1. The van der Waals surface area contributed by atoms with E-state index in [0.29, 0.717) is 12.5 Å². The van der Waals surface area contributed by atoms with E-state index in [-0.39, 0.29) is 20.9 Å². The van der Waals surface area contributed by atoms with E-state index in [1.54, 1.807) is 6.07 Å². The van der Waals surface area contributed by atoms with Gasteiger partial charge in [0.15, 0.2) is 0 Å². The van der Waals surface area contributed by atoms with Gasteiger partial charge in [0.2, 0.25) is 10.0 Å². The third kappa shape index (κ3) is 5.55. The van der Waals surface area contributed by atoms with Crippen LogP contribution in [0.15, 0.2) is 29.2 Å². The highest BCUT2D eigenvalue weighted by Crippen LogP contribution is 2.38. The average Bonchev–Trinajstić information content (AvgIpc) is 2.97. The van der Waals surface area contributed by atoms with Crippen LogP contribution >= 0.6 is 11.6 Å². The van der Waals surface area contributed by atoms with Gasteiger partial charge in [-0.1, -0.05) is 78.5 Å². The van der Waals surface area contributed by atoms with Crippen LogP contribution in [0.3, 0.4) is 0 Å². The normalized spacial score (nSPS) is 16.6. The van der Waals surface area contributed by atoms with Crippen molar-refractivity contribution < 1.29 is 8.42 Å². The fourth-order valence-corrected chi connectivity index (χ4v) is 5.55. The van der Waals surface area contributed by atoms with Gasteiger partial charge in [-0.15, -0.1) is 0 Å². The summed E-state index contributed by atoms with van der Waals surface area (Å²) < 4.78 is 26.5. The Morgan fingerprint density at radius 2 is 1.45 bits per heavy atom. The number of benzene rings is 1. The summed E-state index contributed by atoms with van der Waals surface area (Å²) in [5.41, 5.74) is 4.18. The molecule has 0 bridgehead atoms. The Morgan fingerprint density at radius 1 is 0.935 bits per heavy atom. The molecule has 0 unspecified atom stereocenters. The van der Waals surface area contributed by atoms with Gasteiger partial charge in [-0.25, -0.2) is 13.6 Å². The molecule has 6 heteroatoms. The van der Waals surface area contributed by atoms with Gasteiger partial charge in [0.05, 0.1) is 5.69 Å². The SMILES string of the molecule is CC(C)(C)c1cc(-c2cc(S(N)(=O)=O)c(Cl)n2CC2CCCCC2)cc(C(C)(C)C)c1. The third-order valence-corrected chi connectivity index (χ3v) is 7.88. The van der Waals surface area contributed by atoms with Crippen molar-refractivity contribution >= 4 is 21.6 Å². The Bertz CT molecular complexity index is 1020. The highest BCUT2D eigenvalue weighted by atomic mass is 35.5. The quantitative estimate of drug-likeness (QED) is 0.551. The molecular formula is C25H37ClN2O2S. The molecule has 1 aliphatic carbocycles. The zero-order chi connectivity index (χ0) is 23.2. The second-order valence-corrected chi connectivity index (χ2v) is 13.0. The van der Waals surface area contributed by atoms with Crippen LogP contribution in [0.4, 0.5) is 0 Å². The lowest BCUT2D eigenvalue weighted by molar-refractivity contribution is 0.320. The van der Waals surface area contributed by atoms with Gasteiger partial charge in [-0.3, -0.25) is 0 Å². The van der Waals surface area contributed by atoms with E-state index in [4.69, 9.17) is 16.7 Å². The topological polar surface area (TPSA) is 65.1 Å². The van der Waals surface area contributed by atoms with Gasteiger partial charge in [0, 0.05) is 6.54 Å². The fraction of sp³-hybridized carbons (Fsp3) is 0.600. The number of hydrogen-bond acceptors (Lipinski definition) is 2. The van der Waals surface area contributed by atoms with Crippen LogP contribution in [-0.2, 0) is 27.4 Å². The molecule has 0 atom stereocenters. The number of halogens is 1. The second kappa shape index (κ2) is 8.57. The van der Waals surface area contributed by atoms with Crippen LogP contribution < -0.4 is 5.14 Å². The Hall–Kier alpha value is -1.30. The molecule has 1 fully saturated rings. The largest absolute Gasteiger partial charge is 0.330 e. The van der Waals surface area contributed by atoms with Crippen molar-refractivity contribution in [1.29, 1.82) is 0 Å². The Morgan fingerprint density at radius 3 is 1.90 bits per heavy atom. The smallest absolute Gasteiger partial charge is 0.241 e. The molecule has 0 amide bonds. The molecule has 2 N–H and O–H groups in total. The molecule has 4 nitrogen and oxygen atoms in total. The van der Waals surface area contributed by atoms with Gasteiger partial charge in [-0.05, 0) is 64.5 Å². The predicted molar refractivity (Wildman–Crippen MR) is 130 cm³/mol. The minimum absolute atomic E-state index is 0.0125. The molecule has 1 aromatic heterocycles. The lowest BCUT2D eigenvalue weighted by atomic mass is 9.79. The molecule has 1 aliphatic rings. The summed E-state index contributed by atoms with van der Waals surface area (Å²) in [6, 6.07) is 8.27. The van der Waals surface area contributed by atoms with Crippen LogP contribution in [0, 0.1) is 5.92 Å². The van der Waals surface area contributed by atoms with Crippen LogP contribution in [0.25, 0.3) is 11.3 Å². The van der Waals surface area contributed by atoms with Crippen LogP contribution in [0.2, 0.25) is 5.15 Å². The standard InChI is InChI=1S/C25H37ClN2O2S/c1-24(2,3)19-12-18(13-20(14-19)25(4,5)6)21-15-22(31(27,29)30)23(26)28(21)16-17-10-8-7-9-11-17/h12-15,17H,7-11,16H2,1-6H3,(H2,27,29,30). The highest BCUT2D eigenvalue weighted by Gasteiger charge is 2.27. The zero-order valence-corrected chi connectivity index (χ0v) is 21.3. The van der Waals surface area contributed by atoms with Crippen LogP contribution in [-0.4, -0.2) is 13.0 Å². The Labute approximate surface area is 193 Å². The highest BCUT2D eigenvalue weighted by molar-refractivity contribution is 7.89. The first-order chi connectivity index (χ1) is 14.2. The number of aromatic nitrogens is 1. The van der Waals surface area contributed by atoms with Crippen molar-refractivity contribution in [2.75, 3.05) is 0 Å². The Balaban J connectivity index is 2.23. The minimum atomic E-state index is -3.91. The molecule has 0 radical (unpaired) electrons. The number of nitrogens with zero attached hydrogens (tertiary/aromatic N) is 1. The van der Waals surface area contributed by atoms with Crippen molar-refractivity contribution in [1.82, 2.24) is 4.57 Å². The van der Waals surface area contributed by atoms with Gasteiger partial charge in [0.25, 0.3) is 0 Å². The van der Waals surface area contributed by atoms with Gasteiger partial charge in [-0.2, -0.15) is 0 Å². The van der Waals surface area contributed by atoms with Crippen LogP contribution in [0.1, 0.15) is 84.8 Å². The minimum Gasteiger partial charge on any atom is -0.330 e. The average molecular weight is 465 g/mol. The maximum atomic E-state index is 12.3. The molecule has 3 rings (SSSR count). The molecule has 0 saturated heterocycles. The molecule has 2 aromatic rings. The van der Waals surface area contributed by atoms with Crippen molar-refractivity contribution in [3.05, 3.63) is 40.5 Å². The summed E-state index contributed by atoms with van der Waals surface area (Å²) in [5.74, 6) is 0.499. The molecule has 0 aliphatic heterocycles. The number of sulfonamides is 1. The van der Waals surface area contributed by atoms with E-state index in [0.717, 1.165) is 24.1 Å². The summed E-state index contributed by atoms with van der Waals surface area (Å²) in [6.07, 6.45) is 6.00. The summed E-state index contributed by atoms with van der Waals surface area (Å²) in [6.45, 7) is 13.9. The molecular weight excluding hydrogens is 428 g/mol. The van der Waals surface area contributed by atoms with E-state index in [2.05, 4.69) is 59.7 Å². The molecule has 31 heavy (non-hydrogen) atoms. The predicted octanol–water partition coefficient (Wildman–Crippen LogP) is 6.63. The molecule has 1 saturated carbocycles. The number of primary sulfonamides is 1. The first-order valence-corrected chi connectivity index (χ1v) is 13.2. The van der Waals surface area contributed by atoms with E-state index < -0.39 is 10.0 Å². The van der Waals surface area contributed by atoms with Crippen molar-refractivity contribution in [3.63, 3.8) is 0 Å². The lowest BCUT2D eigenvalue weighted by Crippen LogP contribution is -2.18. The van der Waals surface area contributed by atoms with Gasteiger partial charge in [0.1, 0.15) is 10.0 Å². The van der Waals surface area contributed by atoms with Gasteiger partial charge < -0.3 is 4.57 Å². The lowest BCUT2D eigenvalue weighted by Gasteiger charge is -2.27. The fourth-order valence-electron chi connectivity index (χ4n) is 4.39. The van der Waals surface area contributed by atoms with Crippen molar-refractivity contribution in [2.45, 2.75) is 95.9 Å². The summed E-state index contributed by atoms with van der Waals surface area (Å²) in [5, 5.41) is 5.75. The Kier molecular flexibility index (Phi) is 6.73. The number of rotatable bonds is 4. The molecule has 0 spiro atoms. The monoisotopic (exact) mass is 464 g/mol.